The highest BCUT2D eigenvalue weighted by molar-refractivity contribution is 5.81. The molecule has 0 saturated carbocycles. The van der Waals surface area contributed by atoms with Crippen LogP contribution in [0.2, 0.25) is 0 Å². The van der Waals surface area contributed by atoms with Crippen molar-refractivity contribution >= 4 is 16.9 Å². The molecule has 8 nitrogen and oxygen atoms in total. The van der Waals surface area contributed by atoms with Crippen molar-refractivity contribution in [1.82, 2.24) is 24.9 Å². The van der Waals surface area contributed by atoms with Gasteiger partial charge in [-0.1, -0.05) is 12.1 Å². The highest BCUT2D eigenvalue weighted by Gasteiger charge is 2.26. The number of amides is 1. The highest BCUT2D eigenvalue weighted by atomic mass is 16.6. The maximum atomic E-state index is 12.3. The normalized spacial score (nSPS) is 16.2. The molecule has 0 bridgehead atoms. The van der Waals surface area contributed by atoms with Crippen molar-refractivity contribution in [3.63, 3.8) is 0 Å². The van der Waals surface area contributed by atoms with Crippen LogP contribution in [-0.2, 0) is 18.4 Å². The Morgan fingerprint density at radius 1 is 1.36 bits per heavy atom. The fourth-order valence-electron chi connectivity index (χ4n) is 3.03. The van der Waals surface area contributed by atoms with Crippen LogP contribution in [-0.4, -0.2) is 44.7 Å². The molecule has 8 heteroatoms. The van der Waals surface area contributed by atoms with Gasteiger partial charge in [0.1, 0.15) is 17.6 Å². The van der Waals surface area contributed by atoms with Gasteiger partial charge >= 0.3 is 0 Å². The lowest BCUT2D eigenvalue weighted by Crippen LogP contribution is -2.44. The molecule has 130 valence electrons. The Kier molecular flexibility index (Phi) is 3.79. The quantitative estimate of drug-likeness (QED) is 0.766. The van der Waals surface area contributed by atoms with Crippen LogP contribution in [0.5, 0.6) is 11.5 Å². The maximum Gasteiger partial charge on any atom is 0.264 e. The zero-order chi connectivity index (χ0) is 17.4. The molecule has 1 aliphatic rings. The maximum absolute atomic E-state index is 12.3. The molecule has 3 aromatic rings. The van der Waals surface area contributed by atoms with Crippen molar-refractivity contribution in [1.29, 1.82) is 0 Å². The summed E-state index contributed by atoms with van der Waals surface area (Å²) in [6.07, 6.45) is 1.14. The zero-order valence-corrected chi connectivity index (χ0v) is 14.1. The number of hydrogen-bond donors (Lipinski definition) is 1. The number of fused-ring (bicyclic) bond motifs is 2. The van der Waals surface area contributed by atoms with Crippen LogP contribution in [0.3, 0.4) is 0 Å². The molecular formula is C17H19N5O3. The topological polar surface area (TPSA) is 83.2 Å². The lowest BCUT2D eigenvalue weighted by Gasteiger charge is -2.25. The van der Waals surface area contributed by atoms with E-state index in [0.29, 0.717) is 24.6 Å². The smallest absolute Gasteiger partial charge is 0.264 e. The molecule has 0 saturated heterocycles. The third-order valence-corrected chi connectivity index (χ3v) is 4.24. The van der Waals surface area contributed by atoms with Gasteiger partial charge in [0, 0.05) is 13.6 Å². The lowest BCUT2D eigenvalue weighted by molar-refractivity contribution is -0.130. The molecule has 1 amide bonds. The second-order valence-corrected chi connectivity index (χ2v) is 5.97. The Morgan fingerprint density at radius 2 is 2.16 bits per heavy atom. The van der Waals surface area contributed by atoms with Crippen molar-refractivity contribution in [3.05, 3.63) is 36.2 Å². The predicted molar refractivity (Wildman–Crippen MR) is 90.6 cm³/mol. The highest BCUT2D eigenvalue weighted by Crippen LogP contribution is 2.30. The second kappa shape index (κ2) is 6.12. The van der Waals surface area contributed by atoms with Gasteiger partial charge in [0.2, 0.25) is 6.10 Å². The van der Waals surface area contributed by atoms with Crippen molar-refractivity contribution in [2.45, 2.75) is 19.6 Å². The van der Waals surface area contributed by atoms with E-state index >= 15 is 0 Å². The van der Waals surface area contributed by atoms with Gasteiger partial charge in [0.15, 0.2) is 11.5 Å². The average Bonchev–Trinajstić information content (AvgIpc) is 3.16. The molecule has 4 rings (SSSR count). The Bertz CT molecular complexity index is 930. The van der Waals surface area contributed by atoms with Crippen LogP contribution in [0.25, 0.3) is 11.0 Å². The van der Waals surface area contributed by atoms with Crippen molar-refractivity contribution < 1.29 is 14.3 Å². The second-order valence-electron chi connectivity index (χ2n) is 5.97. The fraction of sp³-hybridized carbons (Fsp3) is 0.353. The summed E-state index contributed by atoms with van der Waals surface area (Å²) >= 11 is 0. The predicted octanol–water partition coefficient (Wildman–Crippen LogP) is 1.03. The number of nitrogens with zero attached hydrogens (tertiary/aromatic N) is 4. The fourth-order valence-corrected chi connectivity index (χ4v) is 3.03. The van der Waals surface area contributed by atoms with Gasteiger partial charge in [0.25, 0.3) is 5.91 Å². The molecule has 1 aromatic carbocycles. The molecule has 0 radical (unpaired) electrons. The van der Waals surface area contributed by atoms with Crippen LogP contribution in [0.4, 0.5) is 0 Å². The van der Waals surface area contributed by atoms with E-state index in [2.05, 4.69) is 15.5 Å². The zero-order valence-electron chi connectivity index (χ0n) is 14.1. The first-order valence-corrected chi connectivity index (χ1v) is 8.15. The summed E-state index contributed by atoms with van der Waals surface area (Å²) in [5.74, 6) is 1.06. The number of ether oxygens (including phenoxy) is 2. The van der Waals surface area contributed by atoms with Gasteiger partial charge in [0.05, 0.1) is 18.4 Å². The van der Waals surface area contributed by atoms with Crippen LogP contribution < -0.4 is 14.8 Å². The number of carbonyl (C=O) groups is 1. The minimum absolute atomic E-state index is 0.194. The molecular weight excluding hydrogens is 322 g/mol. The molecule has 0 fully saturated rings. The molecule has 0 spiro atoms. The summed E-state index contributed by atoms with van der Waals surface area (Å²) < 4.78 is 14.9. The summed E-state index contributed by atoms with van der Waals surface area (Å²) in [6.45, 7) is 3.16. The molecule has 2 aromatic heterocycles. The lowest BCUT2D eigenvalue weighted by atomic mass is 10.2. The number of benzene rings is 1. The van der Waals surface area contributed by atoms with E-state index in [9.17, 15) is 4.79 Å². The van der Waals surface area contributed by atoms with E-state index in [0.717, 1.165) is 16.7 Å². The van der Waals surface area contributed by atoms with Crippen LogP contribution >= 0.6 is 0 Å². The Balaban J connectivity index is 1.36. The number of nitrogens with one attached hydrogen (secondary N) is 1. The molecule has 1 atom stereocenters. The van der Waals surface area contributed by atoms with Crippen LogP contribution in [0.15, 0.2) is 30.5 Å². The first-order valence-electron chi connectivity index (χ1n) is 8.15. The van der Waals surface area contributed by atoms with Gasteiger partial charge in [-0.15, -0.1) is 0 Å². The number of para-hydroxylation sites is 2. The van der Waals surface area contributed by atoms with Crippen molar-refractivity contribution in [2.24, 2.45) is 7.05 Å². The van der Waals surface area contributed by atoms with E-state index < -0.39 is 6.10 Å². The number of hydrogen-bond acceptors (Lipinski definition) is 5. The average molecular weight is 341 g/mol. The summed E-state index contributed by atoms with van der Waals surface area (Å²) in [5.41, 5.74) is 2.88. The van der Waals surface area contributed by atoms with E-state index in [-0.39, 0.29) is 12.5 Å². The van der Waals surface area contributed by atoms with Crippen molar-refractivity contribution in [2.75, 3.05) is 13.2 Å². The minimum Gasteiger partial charge on any atom is -0.485 e. The summed E-state index contributed by atoms with van der Waals surface area (Å²) in [5, 5.41) is 11.6. The van der Waals surface area contributed by atoms with Gasteiger partial charge in [-0.2, -0.15) is 10.2 Å². The minimum atomic E-state index is -0.646. The first kappa shape index (κ1) is 15.5. The van der Waals surface area contributed by atoms with Crippen LogP contribution in [0.1, 0.15) is 5.69 Å². The summed E-state index contributed by atoms with van der Waals surface area (Å²) in [7, 11) is 1.89. The van der Waals surface area contributed by atoms with E-state index in [1.54, 1.807) is 16.9 Å². The van der Waals surface area contributed by atoms with E-state index in [1.807, 2.05) is 36.9 Å². The number of aromatic nitrogens is 4. The van der Waals surface area contributed by atoms with Gasteiger partial charge in [-0.3, -0.25) is 14.2 Å². The summed E-state index contributed by atoms with van der Waals surface area (Å²) in [4.78, 5) is 12.3. The molecule has 3 heterocycles. The molecule has 0 unspecified atom stereocenters. The molecule has 1 aliphatic heterocycles. The largest absolute Gasteiger partial charge is 0.485 e. The van der Waals surface area contributed by atoms with Gasteiger partial charge in [-0.25, -0.2) is 0 Å². The Morgan fingerprint density at radius 3 is 3.00 bits per heavy atom. The molecule has 25 heavy (non-hydrogen) atoms. The van der Waals surface area contributed by atoms with E-state index in [4.69, 9.17) is 9.47 Å². The third-order valence-electron chi connectivity index (χ3n) is 4.24. The monoisotopic (exact) mass is 341 g/mol. The van der Waals surface area contributed by atoms with E-state index in [1.165, 1.54) is 0 Å². The van der Waals surface area contributed by atoms with Crippen molar-refractivity contribution in [3.8, 4) is 11.5 Å². The summed E-state index contributed by atoms with van der Waals surface area (Å²) in [6, 6.07) is 7.33. The number of aryl methyl sites for hydroxylation is 2. The van der Waals surface area contributed by atoms with Crippen LogP contribution in [0, 0.1) is 6.92 Å². The standard InChI is InChI=1S/C17H19N5O3/c1-11-16-12(21(2)20-11)9-19-22(16)8-7-18-17(23)15-10-24-13-5-3-4-6-14(13)25-15/h3-6,9,15H,7-8,10H2,1-2H3,(H,18,23)/t15-/m1/s1. The number of rotatable bonds is 4. The van der Waals surface area contributed by atoms with Gasteiger partial charge < -0.3 is 14.8 Å². The number of carbonyl (C=O) groups excluding carboxylic acids is 1. The molecule has 0 aliphatic carbocycles. The SMILES string of the molecule is Cc1nn(C)c2cnn(CCNC(=O)[C@H]3COc4ccccc4O3)c12. The third kappa shape index (κ3) is 2.79. The van der Waals surface area contributed by atoms with Gasteiger partial charge in [-0.05, 0) is 19.1 Å². The Labute approximate surface area is 144 Å². The molecule has 1 N–H and O–H groups in total. The first-order chi connectivity index (χ1) is 12.1. The Hall–Kier alpha value is -3.03.